The van der Waals surface area contributed by atoms with Crippen LogP contribution >= 0.6 is 0 Å². The average Bonchev–Trinajstić information content (AvgIpc) is 2.52. The summed E-state index contributed by atoms with van der Waals surface area (Å²) in [4.78, 5) is 11.4. The Labute approximate surface area is 131 Å². The van der Waals surface area contributed by atoms with E-state index in [1.807, 2.05) is 19.1 Å². The Kier molecular flexibility index (Phi) is 5.52. The van der Waals surface area contributed by atoms with Crippen LogP contribution in [0.4, 0.5) is 0 Å². The fourth-order valence-electron chi connectivity index (χ4n) is 2.59. The molecule has 0 saturated carbocycles. The summed E-state index contributed by atoms with van der Waals surface area (Å²) in [5, 5.41) is 0.978. The molecule has 0 amide bonds. The maximum absolute atomic E-state index is 11.4. The van der Waals surface area contributed by atoms with Gasteiger partial charge in [-0.3, -0.25) is 0 Å². The zero-order chi connectivity index (χ0) is 16.2. The molecule has 1 aromatic heterocycles. The van der Waals surface area contributed by atoms with Crippen molar-refractivity contribution >= 4 is 19.8 Å². The molecule has 0 aliphatic carbocycles. The normalized spacial score (nSPS) is 12.0. The number of rotatable bonds is 7. The molecule has 0 radical (unpaired) electrons. The van der Waals surface area contributed by atoms with Crippen molar-refractivity contribution in [2.45, 2.75) is 25.8 Å². The van der Waals surface area contributed by atoms with Crippen molar-refractivity contribution in [2.75, 3.05) is 21.3 Å². The standard InChI is InChI=1S/C16H22O5Si/c1-12-10-16(17)21-15-8-7-13(11-14(12)15)6-5-9-22(18-2,19-3)20-4/h7-8,10-11H,5-6,9H2,1-4H3. The van der Waals surface area contributed by atoms with E-state index in [2.05, 4.69) is 6.07 Å². The van der Waals surface area contributed by atoms with E-state index in [1.165, 1.54) is 11.6 Å². The van der Waals surface area contributed by atoms with Crippen molar-refractivity contribution in [1.29, 1.82) is 0 Å². The summed E-state index contributed by atoms with van der Waals surface area (Å²) in [6.07, 6.45) is 1.79. The van der Waals surface area contributed by atoms with Crippen LogP contribution in [0.5, 0.6) is 0 Å². The highest BCUT2D eigenvalue weighted by atomic mass is 28.4. The van der Waals surface area contributed by atoms with Crippen LogP contribution in [0.3, 0.4) is 0 Å². The van der Waals surface area contributed by atoms with Crippen molar-refractivity contribution in [3.63, 3.8) is 0 Å². The topological polar surface area (TPSA) is 57.9 Å². The van der Waals surface area contributed by atoms with Gasteiger partial charge in [0.2, 0.25) is 0 Å². The van der Waals surface area contributed by atoms with E-state index in [1.54, 1.807) is 21.3 Å². The fraction of sp³-hybridized carbons (Fsp3) is 0.438. The predicted molar refractivity (Wildman–Crippen MR) is 87.1 cm³/mol. The van der Waals surface area contributed by atoms with Gasteiger partial charge >= 0.3 is 14.4 Å². The van der Waals surface area contributed by atoms with Crippen LogP contribution in [0.15, 0.2) is 33.5 Å². The first-order chi connectivity index (χ1) is 10.5. The Morgan fingerprint density at radius 1 is 1.09 bits per heavy atom. The van der Waals surface area contributed by atoms with Gasteiger partial charge in [-0.1, -0.05) is 6.07 Å². The summed E-state index contributed by atoms with van der Waals surface area (Å²) < 4.78 is 21.5. The van der Waals surface area contributed by atoms with Gasteiger partial charge in [-0.05, 0) is 43.0 Å². The molecule has 1 heterocycles. The lowest BCUT2D eigenvalue weighted by Crippen LogP contribution is -2.42. The zero-order valence-electron chi connectivity index (χ0n) is 13.5. The highest BCUT2D eigenvalue weighted by Crippen LogP contribution is 2.21. The summed E-state index contributed by atoms with van der Waals surface area (Å²) in [6.45, 7) is 1.92. The molecular weight excluding hydrogens is 300 g/mol. The third kappa shape index (κ3) is 3.64. The second kappa shape index (κ2) is 7.19. The largest absolute Gasteiger partial charge is 0.500 e. The highest BCUT2D eigenvalue weighted by Gasteiger charge is 2.36. The Balaban J connectivity index is 2.11. The number of hydrogen-bond donors (Lipinski definition) is 0. The van der Waals surface area contributed by atoms with Crippen LogP contribution in [0.1, 0.15) is 17.5 Å². The van der Waals surface area contributed by atoms with Gasteiger partial charge in [0.1, 0.15) is 5.58 Å². The zero-order valence-corrected chi connectivity index (χ0v) is 14.5. The summed E-state index contributed by atoms with van der Waals surface area (Å²) >= 11 is 0. The third-order valence-electron chi connectivity index (χ3n) is 3.90. The Morgan fingerprint density at radius 3 is 2.41 bits per heavy atom. The quantitative estimate of drug-likeness (QED) is 0.579. The highest BCUT2D eigenvalue weighted by molar-refractivity contribution is 6.60. The van der Waals surface area contributed by atoms with Gasteiger partial charge in [-0.25, -0.2) is 4.79 Å². The van der Waals surface area contributed by atoms with Crippen LogP contribution in [-0.2, 0) is 19.7 Å². The second-order valence-electron chi connectivity index (χ2n) is 5.23. The number of aryl methyl sites for hydroxylation is 2. The van der Waals surface area contributed by atoms with E-state index in [-0.39, 0.29) is 5.63 Å². The van der Waals surface area contributed by atoms with Crippen LogP contribution in [0.2, 0.25) is 6.04 Å². The fourth-order valence-corrected chi connectivity index (χ4v) is 4.31. The van der Waals surface area contributed by atoms with E-state index in [0.717, 1.165) is 29.8 Å². The predicted octanol–water partition coefficient (Wildman–Crippen LogP) is 2.91. The molecule has 0 aliphatic rings. The molecule has 22 heavy (non-hydrogen) atoms. The van der Waals surface area contributed by atoms with Gasteiger partial charge < -0.3 is 17.7 Å². The molecule has 0 N–H and O–H groups in total. The first kappa shape index (κ1) is 16.9. The van der Waals surface area contributed by atoms with Gasteiger partial charge in [0.05, 0.1) is 0 Å². The summed E-state index contributed by atoms with van der Waals surface area (Å²) in [5.41, 5.74) is 2.44. The summed E-state index contributed by atoms with van der Waals surface area (Å²) in [6, 6.07) is 8.19. The minimum atomic E-state index is -2.50. The van der Waals surface area contributed by atoms with Crippen molar-refractivity contribution in [3.05, 3.63) is 45.8 Å². The first-order valence-electron chi connectivity index (χ1n) is 7.22. The van der Waals surface area contributed by atoms with Crippen LogP contribution in [0, 0.1) is 6.92 Å². The molecular formula is C16H22O5Si. The molecule has 0 aliphatic heterocycles. The molecule has 0 atom stereocenters. The van der Waals surface area contributed by atoms with Crippen LogP contribution < -0.4 is 5.63 Å². The summed E-state index contributed by atoms with van der Waals surface area (Å²) in [7, 11) is 2.37. The molecule has 1 aromatic carbocycles. The van der Waals surface area contributed by atoms with E-state index in [9.17, 15) is 4.79 Å². The molecule has 0 spiro atoms. The lowest BCUT2D eigenvalue weighted by Gasteiger charge is -2.24. The van der Waals surface area contributed by atoms with Gasteiger partial charge in [0.15, 0.2) is 0 Å². The molecule has 120 valence electrons. The number of benzene rings is 1. The molecule has 0 unspecified atom stereocenters. The molecule has 0 bridgehead atoms. The van der Waals surface area contributed by atoms with Crippen molar-refractivity contribution in [3.8, 4) is 0 Å². The molecule has 6 heteroatoms. The van der Waals surface area contributed by atoms with E-state index in [4.69, 9.17) is 17.7 Å². The lowest BCUT2D eigenvalue weighted by molar-refractivity contribution is 0.123. The van der Waals surface area contributed by atoms with Gasteiger partial charge in [0, 0.05) is 38.8 Å². The van der Waals surface area contributed by atoms with Crippen molar-refractivity contribution < 1.29 is 17.7 Å². The SMILES string of the molecule is CO[Si](CCCc1ccc2oc(=O)cc(C)c2c1)(OC)OC. The minimum absolute atomic E-state index is 0.311. The summed E-state index contributed by atoms with van der Waals surface area (Å²) in [5.74, 6) is 0. The third-order valence-corrected chi connectivity index (χ3v) is 6.73. The Morgan fingerprint density at radius 2 is 1.77 bits per heavy atom. The van der Waals surface area contributed by atoms with Crippen LogP contribution in [-0.4, -0.2) is 30.1 Å². The van der Waals surface area contributed by atoms with E-state index < -0.39 is 8.80 Å². The Bertz CT molecular complexity index is 682. The molecule has 2 aromatic rings. The van der Waals surface area contributed by atoms with Gasteiger partial charge in [-0.2, -0.15) is 0 Å². The number of hydrogen-bond acceptors (Lipinski definition) is 5. The average molecular weight is 322 g/mol. The van der Waals surface area contributed by atoms with E-state index in [0.29, 0.717) is 5.58 Å². The van der Waals surface area contributed by atoms with Gasteiger partial charge in [0.25, 0.3) is 0 Å². The maximum Gasteiger partial charge on any atom is 0.500 e. The lowest BCUT2D eigenvalue weighted by atomic mass is 10.1. The van der Waals surface area contributed by atoms with Gasteiger partial charge in [-0.15, -0.1) is 0 Å². The maximum atomic E-state index is 11.4. The van der Waals surface area contributed by atoms with E-state index >= 15 is 0 Å². The molecule has 0 saturated heterocycles. The number of fused-ring (bicyclic) bond motifs is 1. The van der Waals surface area contributed by atoms with Crippen molar-refractivity contribution in [2.24, 2.45) is 0 Å². The van der Waals surface area contributed by atoms with Crippen molar-refractivity contribution in [1.82, 2.24) is 0 Å². The molecule has 0 fully saturated rings. The first-order valence-corrected chi connectivity index (χ1v) is 9.15. The molecule has 5 nitrogen and oxygen atoms in total. The molecule has 2 rings (SSSR count). The monoisotopic (exact) mass is 322 g/mol. The Hall–Kier alpha value is -1.47. The second-order valence-corrected chi connectivity index (χ2v) is 8.32. The van der Waals surface area contributed by atoms with Crippen LogP contribution in [0.25, 0.3) is 11.0 Å². The minimum Gasteiger partial charge on any atom is -0.423 e. The smallest absolute Gasteiger partial charge is 0.423 e.